The van der Waals surface area contributed by atoms with Gasteiger partial charge in [0.1, 0.15) is 0 Å². The number of hydrogen-bond donors (Lipinski definition) is 2. The Balaban J connectivity index is 1.72. The molecular weight excluding hydrogens is 252 g/mol. The van der Waals surface area contributed by atoms with Crippen LogP contribution in [-0.4, -0.2) is 33.3 Å². The van der Waals surface area contributed by atoms with E-state index >= 15 is 0 Å². The van der Waals surface area contributed by atoms with Gasteiger partial charge in [-0.15, -0.1) is 0 Å². The van der Waals surface area contributed by atoms with Crippen LogP contribution in [-0.2, 0) is 11.3 Å². The average Bonchev–Trinajstić information content (AvgIpc) is 3.02. The standard InChI is InChI=1S/C11H16N4O2S/c1-2-15-6-5-12-11(15)18-7-9(16)14-10(17)13-8-3-4-8/h5-6,8H,2-4,7H2,1H3,(H2,13,14,16,17). The molecular formula is C11H16N4O2S. The van der Waals surface area contributed by atoms with Crippen molar-refractivity contribution in [1.82, 2.24) is 20.2 Å². The van der Waals surface area contributed by atoms with Crippen LogP contribution in [0.15, 0.2) is 17.6 Å². The van der Waals surface area contributed by atoms with Gasteiger partial charge in [0.2, 0.25) is 5.91 Å². The predicted octanol–water partition coefficient (Wildman–Crippen LogP) is 0.983. The van der Waals surface area contributed by atoms with Crippen LogP contribution in [0.5, 0.6) is 0 Å². The zero-order valence-corrected chi connectivity index (χ0v) is 11.0. The lowest BCUT2D eigenvalue weighted by Crippen LogP contribution is -2.41. The number of hydrogen-bond acceptors (Lipinski definition) is 4. The molecule has 18 heavy (non-hydrogen) atoms. The van der Waals surface area contributed by atoms with E-state index in [9.17, 15) is 9.59 Å². The summed E-state index contributed by atoms with van der Waals surface area (Å²) in [7, 11) is 0. The molecule has 0 bridgehead atoms. The van der Waals surface area contributed by atoms with Crippen LogP contribution >= 0.6 is 11.8 Å². The van der Waals surface area contributed by atoms with Crippen LogP contribution in [0, 0.1) is 0 Å². The molecule has 0 spiro atoms. The number of thioether (sulfide) groups is 1. The summed E-state index contributed by atoms with van der Waals surface area (Å²) < 4.78 is 1.95. The van der Waals surface area contributed by atoms with E-state index in [2.05, 4.69) is 15.6 Å². The Morgan fingerprint density at radius 1 is 1.56 bits per heavy atom. The molecule has 1 aliphatic rings. The molecule has 1 aliphatic carbocycles. The van der Waals surface area contributed by atoms with Gasteiger partial charge in [0.25, 0.3) is 0 Å². The summed E-state index contributed by atoms with van der Waals surface area (Å²) in [6.45, 7) is 2.82. The van der Waals surface area contributed by atoms with Gasteiger partial charge in [0.05, 0.1) is 5.75 Å². The molecule has 0 aromatic carbocycles. The average molecular weight is 268 g/mol. The predicted molar refractivity (Wildman–Crippen MR) is 68.3 cm³/mol. The van der Waals surface area contributed by atoms with Crippen LogP contribution in [0.3, 0.4) is 0 Å². The van der Waals surface area contributed by atoms with Crippen molar-refractivity contribution < 1.29 is 9.59 Å². The van der Waals surface area contributed by atoms with Crippen molar-refractivity contribution >= 4 is 23.7 Å². The Bertz CT molecular complexity index is 442. The zero-order chi connectivity index (χ0) is 13.0. The number of carbonyl (C=O) groups excluding carboxylic acids is 2. The van der Waals surface area contributed by atoms with Gasteiger partial charge < -0.3 is 9.88 Å². The summed E-state index contributed by atoms with van der Waals surface area (Å²) >= 11 is 1.32. The second-order valence-corrected chi connectivity index (χ2v) is 5.02. The SMILES string of the molecule is CCn1ccnc1SCC(=O)NC(=O)NC1CC1. The van der Waals surface area contributed by atoms with E-state index in [1.165, 1.54) is 11.8 Å². The first-order valence-corrected chi connectivity index (χ1v) is 6.92. The number of urea groups is 1. The molecule has 0 radical (unpaired) electrons. The number of nitrogens with one attached hydrogen (secondary N) is 2. The number of aromatic nitrogens is 2. The molecule has 2 rings (SSSR count). The minimum absolute atomic E-state index is 0.190. The van der Waals surface area contributed by atoms with Crippen molar-refractivity contribution in [1.29, 1.82) is 0 Å². The third-order valence-corrected chi connectivity index (χ3v) is 3.52. The van der Waals surface area contributed by atoms with Gasteiger partial charge in [-0.05, 0) is 19.8 Å². The van der Waals surface area contributed by atoms with Crippen molar-refractivity contribution in [3.8, 4) is 0 Å². The summed E-state index contributed by atoms with van der Waals surface area (Å²) in [5.41, 5.74) is 0. The van der Waals surface area contributed by atoms with E-state index in [-0.39, 0.29) is 17.7 Å². The highest BCUT2D eigenvalue weighted by Gasteiger charge is 2.23. The highest BCUT2D eigenvalue weighted by molar-refractivity contribution is 7.99. The number of aryl methyl sites for hydroxylation is 1. The Kier molecular flexibility index (Phi) is 4.24. The number of imide groups is 1. The van der Waals surface area contributed by atoms with E-state index in [4.69, 9.17) is 0 Å². The molecule has 1 aromatic heterocycles. The first-order valence-electron chi connectivity index (χ1n) is 5.93. The molecule has 0 aliphatic heterocycles. The number of rotatable bonds is 5. The summed E-state index contributed by atoms with van der Waals surface area (Å²) in [5.74, 6) is -0.112. The Morgan fingerprint density at radius 3 is 3.00 bits per heavy atom. The number of imidazole rings is 1. The maximum absolute atomic E-state index is 11.5. The van der Waals surface area contributed by atoms with Gasteiger partial charge in [-0.3, -0.25) is 10.1 Å². The first kappa shape index (κ1) is 12.9. The fraction of sp³-hybridized carbons (Fsp3) is 0.545. The second kappa shape index (κ2) is 5.90. The van der Waals surface area contributed by atoms with Gasteiger partial charge >= 0.3 is 6.03 Å². The molecule has 0 atom stereocenters. The van der Waals surface area contributed by atoms with Gasteiger partial charge in [0.15, 0.2) is 5.16 Å². The molecule has 2 N–H and O–H groups in total. The number of carbonyl (C=O) groups is 2. The lowest BCUT2D eigenvalue weighted by molar-refractivity contribution is -0.117. The molecule has 3 amide bonds. The van der Waals surface area contributed by atoms with E-state index in [1.54, 1.807) is 6.20 Å². The molecule has 1 aromatic rings. The van der Waals surface area contributed by atoms with Gasteiger partial charge in [-0.25, -0.2) is 9.78 Å². The van der Waals surface area contributed by atoms with Gasteiger partial charge in [-0.2, -0.15) is 0 Å². The Hall–Kier alpha value is -1.50. The summed E-state index contributed by atoms with van der Waals surface area (Å²) in [6, 6.07) is -0.147. The van der Waals surface area contributed by atoms with Crippen LogP contribution in [0.25, 0.3) is 0 Å². The molecule has 7 heteroatoms. The van der Waals surface area contributed by atoms with E-state index in [1.807, 2.05) is 17.7 Å². The third kappa shape index (κ3) is 3.76. The Labute approximate surface area is 110 Å². The normalized spacial score (nSPS) is 14.3. The van der Waals surface area contributed by atoms with Crippen LogP contribution in [0.2, 0.25) is 0 Å². The minimum atomic E-state index is -0.401. The smallest absolute Gasteiger partial charge is 0.321 e. The largest absolute Gasteiger partial charge is 0.335 e. The highest BCUT2D eigenvalue weighted by Crippen LogP contribution is 2.18. The van der Waals surface area contributed by atoms with Crippen molar-refractivity contribution in [2.24, 2.45) is 0 Å². The fourth-order valence-electron chi connectivity index (χ4n) is 1.42. The lowest BCUT2D eigenvalue weighted by atomic mass is 10.6. The monoisotopic (exact) mass is 268 g/mol. The van der Waals surface area contributed by atoms with Gasteiger partial charge in [0, 0.05) is 25.0 Å². The highest BCUT2D eigenvalue weighted by atomic mass is 32.2. The number of nitrogens with zero attached hydrogens (tertiary/aromatic N) is 2. The van der Waals surface area contributed by atoms with Crippen LogP contribution in [0.4, 0.5) is 4.79 Å². The number of amides is 3. The minimum Gasteiger partial charge on any atom is -0.335 e. The van der Waals surface area contributed by atoms with E-state index < -0.39 is 6.03 Å². The van der Waals surface area contributed by atoms with E-state index in [0.717, 1.165) is 24.5 Å². The van der Waals surface area contributed by atoms with Gasteiger partial charge in [-0.1, -0.05) is 11.8 Å². The molecule has 1 saturated carbocycles. The quantitative estimate of drug-likeness (QED) is 0.781. The molecule has 1 fully saturated rings. The van der Waals surface area contributed by atoms with Crippen molar-refractivity contribution in [2.45, 2.75) is 37.5 Å². The lowest BCUT2D eigenvalue weighted by Gasteiger charge is -2.06. The Morgan fingerprint density at radius 2 is 2.33 bits per heavy atom. The first-order chi connectivity index (χ1) is 8.69. The second-order valence-electron chi connectivity index (χ2n) is 4.08. The molecule has 0 saturated heterocycles. The van der Waals surface area contributed by atoms with E-state index in [0.29, 0.717) is 0 Å². The third-order valence-electron chi connectivity index (χ3n) is 2.52. The topological polar surface area (TPSA) is 76.0 Å². The van der Waals surface area contributed by atoms with Crippen molar-refractivity contribution in [3.05, 3.63) is 12.4 Å². The van der Waals surface area contributed by atoms with Crippen molar-refractivity contribution in [2.75, 3.05) is 5.75 Å². The fourth-order valence-corrected chi connectivity index (χ4v) is 2.24. The maximum Gasteiger partial charge on any atom is 0.321 e. The van der Waals surface area contributed by atoms with Crippen LogP contribution in [0.1, 0.15) is 19.8 Å². The summed E-state index contributed by atoms with van der Waals surface area (Å²) in [6.07, 6.45) is 5.57. The molecule has 6 nitrogen and oxygen atoms in total. The molecule has 0 unspecified atom stereocenters. The zero-order valence-electron chi connectivity index (χ0n) is 10.2. The van der Waals surface area contributed by atoms with Crippen LogP contribution < -0.4 is 10.6 Å². The molecule has 1 heterocycles. The summed E-state index contributed by atoms with van der Waals surface area (Å²) in [4.78, 5) is 27.0. The molecule has 98 valence electrons. The summed E-state index contributed by atoms with van der Waals surface area (Å²) in [5, 5.41) is 5.79. The maximum atomic E-state index is 11.5. The van der Waals surface area contributed by atoms with Crippen molar-refractivity contribution in [3.63, 3.8) is 0 Å².